The van der Waals surface area contributed by atoms with E-state index in [1.807, 2.05) is 21.1 Å². The Morgan fingerprint density at radius 1 is 1.36 bits per heavy atom. The summed E-state index contributed by atoms with van der Waals surface area (Å²) >= 11 is 0. The molecular formula is C10H20N2O2. The van der Waals surface area contributed by atoms with Crippen LogP contribution >= 0.6 is 0 Å². The Hall–Kier alpha value is -0.610. The second-order valence-electron chi connectivity index (χ2n) is 4.18. The molecule has 0 aromatic heterocycles. The van der Waals surface area contributed by atoms with Crippen LogP contribution in [-0.2, 0) is 9.53 Å². The van der Waals surface area contributed by atoms with Gasteiger partial charge in [0.15, 0.2) is 0 Å². The first-order chi connectivity index (χ1) is 6.56. The lowest BCUT2D eigenvalue weighted by Crippen LogP contribution is -2.35. The maximum Gasteiger partial charge on any atom is 0.228 e. The van der Waals surface area contributed by atoms with Crippen LogP contribution in [-0.4, -0.2) is 63.2 Å². The van der Waals surface area contributed by atoms with Crippen LogP contribution < -0.4 is 0 Å². The van der Waals surface area contributed by atoms with Gasteiger partial charge in [0.05, 0.1) is 12.0 Å². The predicted molar refractivity (Wildman–Crippen MR) is 55.1 cm³/mol. The number of rotatable bonds is 5. The summed E-state index contributed by atoms with van der Waals surface area (Å²) in [6.07, 6.45) is 1.06. The highest BCUT2D eigenvalue weighted by atomic mass is 16.5. The van der Waals surface area contributed by atoms with Gasteiger partial charge < -0.3 is 14.5 Å². The minimum atomic E-state index is 0.118. The minimum Gasteiger partial charge on any atom is -0.381 e. The van der Waals surface area contributed by atoms with Crippen molar-refractivity contribution in [1.29, 1.82) is 0 Å². The summed E-state index contributed by atoms with van der Waals surface area (Å²) < 4.78 is 5.11. The summed E-state index contributed by atoms with van der Waals surface area (Å²) in [5.41, 5.74) is 0. The third-order valence-corrected chi connectivity index (χ3v) is 2.61. The van der Waals surface area contributed by atoms with Crippen molar-refractivity contribution in [2.45, 2.75) is 12.5 Å². The second-order valence-corrected chi connectivity index (χ2v) is 4.18. The molecule has 2 atom stereocenters. The molecule has 1 rings (SSSR count). The molecule has 0 spiro atoms. The smallest absolute Gasteiger partial charge is 0.228 e. The van der Waals surface area contributed by atoms with Crippen LogP contribution in [0.1, 0.15) is 6.42 Å². The Labute approximate surface area is 85.8 Å². The van der Waals surface area contributed by atoms with Crippen molar-refractivity contribution in [3.8, 4) is 0 Å². The molecular weight excluding hydrogens is 180 g/mol. The van der Waals surface area contributed by atoms with Gasteiger partial charge >= 0.3 is 0 Å². The van der Waals surface area contributed by atoms with Crippen molar-refractivity contribution in [3.05, 3.63) is 0 Å². The van der Waals surface area contributed by atoms with Crippen LogP contribution in [0.2, 0.25) is 0 Å². The fraction of sp³-hybridized carbons (Fsp3) is 0.900. The van der Waals surface area contributed by atoms with E-state index in [1.165, 1.54) is 0 Å². The lowest BCUT2D eigenvalue weighted by Gasteiger charge is -2.19. The number of hydrogen-bond donors (Lipinski definition) is 0. The fourth-order valence-corrected chi connectivity index (χ4v) is 1.44. The van der Waals surface area contributed by atoms with E-state index in [9.17, 15) is 4.79 Å². The molecule has 4 nitrogen and oxygen atoms in total. The van der Waals surface area contributed by atoms with Gasteiger partial charge in [0.25, 0.3) is 0 Å². The number of ether oxygens (including phenoxy) is 1. The molecule has 82 valence electrons. The SMILES string of the molecule is COC1CC1C(=O)N(C)CCN(C)C. The number of carbonyl (C=O) groups excluding carboxylic acids is 1. The van der Waals surface area contributed by atoms with Gasteiger partial charge in [0.1, 0.15) is 0 Å². The largest absolute Gasteiger partial charge is 0.381 e. The summed E-state index contributed by atoms with van der Waals surface area (Å²) in [5, 5.41) is 0. The van der Waals surface area contributed by atoms with Gasteiger partial charge in [-0.05, 0) is 20.5 Å². The van der Waals surface area contributed by atoms with Crippen molar-refractivity contribution in [3.63, 3.8) is 0 Å². The van der Waals surface area contributed by atoms with E-state index in [2.05, 4.69) is 4.90 Å². The van der Waals surface area contributed by atoms with Gasteiger partial charge in [-0.25, -0.2) is 0 Å². The molecule has 1 fully saturated rings. The van der Waals surface area contributed by atoms with Crippen LogP contribution in [0.3, 0.4) is 0 Å². The molecule has 1 aliphatic rings. The van der Waals surface area contributed by atoms with Crippen molar-refractivity contribution in [1.82, 2.24) is 9.80 Å². The summed E-state index contributed by atoms with van der Waals surface area (Å²) in [5.74, 6) is 0.339. The first-order valence-electron chi connectivity index (χ1n) is 4.98. The molecule has 0 radical (unpaired) electrons. The highest BCUT2D eigenvalue weighted by molar-refractivity contribution is 5.81. The van der Waals surface area contributed by atoms with Crippen LogP contribution in [0.25, 0.3) is 0 Å². The molecule has 4 heteroatoms. The predicted octanol–water partition coefficient (Wildman–Crippen LogP) is 0.0413. The lowest BCUT2D eigenvalue weighted by molar-refractivity contribution is -0.132. The number of hydrogen-bond acceptors (Lipinski definition) is 3. The van der Waals surface area contributed by atoms with Gasteiger partial charge in [-0.1, -0.05) is 0 Å². The Kier molecular flexibility index (Phi) is 3.89. The van der Waals surface area contributed by atoms with E-state index in [1.54, 1.807) is 12.0 Å². The van der Waals surface area contributed by atoms with Crippen LogP contribution in [0.5, 0.6) is 0 Å². The van der Waals surface area contributed by atoms with E-state index in [-0.39, 0.29) is 17.9 Å². The number of likely N-dealkylation sites (N-methyl/N-ethyl adjacent to an activating group) is 2. The summed E-state index contributed by atoms with van der Waals surface area (Å²) in [6.45, 7) is 1.70. The Morgan fingerprint density at radius 3 is 2.43 bits per heavy atom. The Morgan fingerprint density at radius 2 is 2.00 bits per heavy atom. The fourth-order valence-electron chi connectivity index (χ4n) is 1.44. The van der Waals surface area contributed by atoms with Crippen LogP contribution in [0.4, 0.5) is 0 Å². The number of methoxy groups -OCH3 is 1. The Balaban J connectivity index is 2.24. The average Bonchev–Trinajstić information content (AvgIpc) is 2.91. The second kappa shape index (κ2) is 4.75. The van der Waals surface area contributed by atoms with Gasteiger partial charge in [-0.3, -0.25) is 4.79 Å². The van der Waals surface area contributed by atoms with Gasteiger partial charge in [0, 0.05) is 27.2 Å². The molecule has 1 aliphatic carbocycles. The molecule has 1 saturated carbocycles. The highest BCUT2D eigenvalue weighted by Crippen LogP contribution is 2.34. The van der Waals surface area contributed by atoms with Crippen molar-refractivity contribution >= 4 is 5.91 Å². The number of carbonyl (C=O) groups is 1. The summed E-state index contributed by atoms with van der Waals surface area (Å²) in [4.78, 5) is 15.6. The van der Waals surface area contributed by atoms with Crippen molar-refractivity contribution in [2.75, 3.05) is 41.3 Å². The molecule has 0 aromatic rings. The number of amides is 1. The Bertz CT molecular complexity index is 206. The van der Waals surface area contributed by atoms with E-state index in [0.717, 1.165) is 19.5 Å². The van der Waals surface area contributed by atoms with Gasteiger partial charge in [-0.2, -0.15) is 0 Å². The van der Waals surface area contributed by atoms with E-state index in [0.29, 0.717) is 0 Å². The third kappa shape index (κ3) is 2.96. The normalized spacial score (nSPS) is 25.2. The van der Waals surface area contributed by atoms with E-state index < -0.39 is 0 Å². The zero-order valence-electron chi connectivity index (χ0n) is 9.49. The van der Waals surface area contributed by atoms with Gasteiger partial charge in [-0.15, -0.1) is 0 Å². The average molecular weight is 200 g/mol. The molecule has 0 heterocycles. The zero-order valence-corrected chi connectivity index (χ0v) is 9.49. The maximum atomic E-state index is 11.7. The van der Waals surface area contributed by atoms with Crippen LogP contribution in [0, 0.1) is 5.92 Å². The molecule has 0 aliphatic heterocycles. The molecule has 0 aromatic carbocycles. The summed E-state index contributed by atoms with van der Waals surface area (Å²) in [7, 11) is 7.54. The highest BCUT2D eigenvalue weighted by Gasteiger charge is 2.44. The lowest BCUT2D eigenvalue weighted by atomic mass is 10.3. The van der Waals surface area contributed by atoms with Gasteiger partial charge in [0.2, 0.25) is 5.91 Å². The first-order valence-corrected chi connectivity index (χ1v) is 4.98. The summed E-state index contributed by atoms with van der Waals surface area (Å²) in [6, 6.07) is 0. The minimum absolute atomic E-state index is 0.118. The third-order valence-electron chi connectivity index (χ3n) is 2.61. The van der Waals surface area contributed by atoms with Crippen molar-refractivity contribution in [2.24, 2.45) is 5.92 Å². The molecule has 0 saturated heterocycles. The van der Waals surface area contributed by atoms with Crippen molar-refractivity contribution < 1.29 is 9.53 Å². The molecule has 2 unspecified atom stereocenters. The topological polar surface area (TPSA) is 32.8 Å². The zero-order chi connectivity index (χ0) is 10.7. The van der Waals surface area contributed by atoms with Crippen LogP contribution in [0.15, 0.2) is 0 Å². The molecule has 1 amide bonds. The molecule has 0 N–H and O–H groups in total. The molecule has 0 bridgehead atoms. The first kappa shape index (κ1) is 11.5. The van der Waals surface area contributed by atoms with E-state index >= 15 is 0 Å². The monoisotopic (exact) mass is 200 g/mol. The molecule has 14 heavy (non-hydrogen) atoms. The maximum absolute atomic E-state index is 11.7. The number of nitrogens with zero attached hydrogens (tertiary/aromatic N) is 2. The standard InChI is InChI=1S/C10H20N2O2/c1-11(2)5-6-12(3)10(13)8-7-9(8)14-4/h8-9H,5-7H2,1-4H3. The quantitative estimate of drug-likeness (QED) is 0.628. The van der Waals surface area contributed by atoms with E-state index in [4.69, 9.17) is 4.74 Å².